The van der Waals surface area contributed by atoms with E-state index in [1.54, 1.807) is 23.6 Å². The second-order valence-corrected chi connectivity index (χ2v) is 6.46. The van der Waals surface area contributed by atoms with E-state index in [1.807, 2.05) is 4.90 Å². The van der Waals surface area contributed by atoms with E-state index in [0.29, 0.717) is 12.2 Å². The number of fused-ring (bicyclic) bond motifs is 1. The van der Waals surface area contributed by atoms with Crippen LogP contribution in [0.2, 0.25) is 0 Å². The molecule has 0 saturated carbocycles. The van der Waals surface area contributed by atoms with Crippen LogP contribution in [0.15, 0.2) is 22.1 Å². The standard InChI is InChI=1S/C11H10BrN3OS/c12-10-5-7-2-4-15(6-9(7)17-10)11(16)8-1-3-13-14-8/h1,3,5H,2,4,6H2,(H,13,14). The summed E-state index contributed by atoms with van der Waals surface area (Å²) < 4.78 is 1.14. The lowest BCUT2D eigenvalue weighted by Gasteiger charge is -2.26. The third-order valence-corrected chi connectivity index (χ3v) is 4.54. The van der Waals surface area contributed by atoms with Crippen molar-refractivity contribution in [1.82, 2.24) is 15.1 Å². The minimum Gasteiger partial charge on any atom is -0.332 e. The van der Waals surface area contributed by atoms with Crippen LogP contribution in [0.25, 0.3) is 0 Å². The SMILES string of the molecule is O=C(c1ccn[nH]1)N1CCc2cc(Br)sc2C1. The number of rotatable bonds is 1. The van der Waals surface area contributed by atoms with E-state index in [-0.39, 0.29) is 5.91 Å². The van der Waals surface area contributed by atoms with Crippen LogP contribution < -0.4 is 0 Å². The van der Waals surface area contributed by atoms with E-state index in [2.05, 4.69) is 32.2 Å². The Hall–Kier alpha value is -1.14. The molecule has 17 heavy (non-hydrogen) atoms. The molecule has 0 saturated heterocycles. The van der Waals surface area contributed by atoms with Crippen molar-refractivity contribution in [2.75, 3.05) is 6.54 Å². The molecule has 2 aromatic rings. The van der Waals surface area contributed by atoms with Crippen LogP contribution in [0.1, 0.15) is 20.9 Å². The summed E-state index contributed by atoms with van der Waals surface area (Å²) >= 11 is 5.19. The molecular weight excluding hydrogens is 302 g/mol. The third kappa shape index (κ3) is 2.02. The van der Waals surface area contributed by atoms with E-state index in [1.165, 1.54) is 10.4 Å². The second kappa shape index (κ2) is 4.27. The van der Waals surface area contributed by atoms with Crippen molar-refractivity contribution >= 4 is 33.2 Å². The van der Waals surface area contributed by atoms with Crippen LogP contribution in [-0.4, -0.2) is 27.5 Å². The number of halogens is 1. The Morgan fingerprint density at radius 2 is 2.47 bits per heavy atom. The normalized spacial score (nSPS) is 14.8. The number of hydrogen-bond donors (Lipinski definition) is 1. The molecule has 0 bridgehead atoms. The Balaban J connectivity index is 1.82. The molecule has 0 spiro atoms. The average Bonchev–Trinajstić information content (AvgIpc) is 2.94. The van der Waals surface area contributed by atoms with Crippen LogP contribution in [0.5, 0.6) is 0 Å². The lowest BCUT2D eigenvalue weighted by atomic mass is 10.1. The van der Waals surface area contributed by atoms with Gasteiger partial charge in [-0.2, -0.15) is 5.10 Å². The Labute approximate surface area is 111 Å². The van der Waals surface area contributed by atoms with E-state index in [4.69, 9.17) is 0 Å². The number of aromatic amines is 1. The summed E-state index contributed by atoms with van der Waals surface area (Å²) in [7, 11) is 0. The van der Waals surface area contributed by atoms with E-state index >= 15 is 0 Å². The molecule has 0 atom stereocenters. The summed E-state index contributed by atoms with van der Waals surface area (Å²) in [5.74, 6) is 0.0256. The van der Waals surface area contributed by atoms with Crippen LogP contribution in [0.3, 0.4) is 0 Å². The summed E-state index contributed by atoms with van der Waals surface area (Å²) in [4.78, 5) is 15.3. The maximum absolute atomic E-state index is 12.1. The van der Waals surface area contributed by atoms with Gasteiger partial charge < -0.3 is 4.90 Å². The topological polar surface area (TPSA) is 49.0 Å². The van der Waals surface area contributed by atoms with E-state index in [9.17, 15) is 4.79 Å². The van der Waals surface area contributed by atoms with Gasteiger partial charge in [0, 0.05) is 17.6 Å². The molecule has 3 rings (SSSR count). The lowest BCUT2D eigenvalue weighted by molar-refractivity contribution is 0.0731. The molecule has 0 radical (unpaired) electrons. The summed E-state index contributed by atoms with van der Waals surface area (Å²) in [5.41, 5.74) is 1.92. The monoisotopic (exact) mass is 311 g/mol. The van der Waals surface area contributed by atoms with Gasteiger partial charge in [0.1, 0.15) is 5.69 Å². The Morgan fingerprint density at radius 3 is 3.24 bits per heavy atom. The first-order valence-corrected chi connectivity index (χ1v) is 6.91. The van der Waals surface area contributed by atoms with E-state index < -0.39 is 0 Å². The highest BCUT2D eigenvalue weighted by atomic mass is 79.9. The fourth-order valence-electron chi connectivity index (χ4n) is 2.00. The Kier molecular flexibility index (Phi) is 2.76. The molecule has 1 amide bonds. The molecule has 0 aromatic carbocycles. The number of nitrogens with one attached hydrogen (secondary N) is 1. The number of amides is 1. The summed E-state index contributed by atoms with van der Waals surface area (Å²) in [6.07, 6.45) is 2.53. The zero-order valence-electron chi connectivity index (χ0n) is 8.94. The Bertz CT molecular complexity index is 549. The molecule has 3 heterocycles. The molecule has 1 N–H and O–H groups in total. The van der Waals surface area contributed by atoms with Gasteiger partial charge in [-0.15, -0.1) is 11.3 Å². The lowest BCUT2D eigenvalue weighted by Crippen LogP contribution is -2.35. The molecule has 2 aromatic heterocycles. The largest absolute Gasteiger partial charge is 0.332 e. The van der Waals surface area contributed by atoms with Crippen LogP contribution in [0.4, 0.5) is 0 Å². The molecule has 4 nitrogen and oxygen atoms in total. The highest BCUT2D eigenvalue weighted by molar-refractivity contribution is 9.11. The highest BCUT2D eigenvalue weighted by Gasteiger charge is 2.23. The fraction of sp³-hybridized carbons (Fsp3) is 0.273. The van der Waals surface area contributed by atoms with Crippen molar-refractivity contribution in [3.05, 3.63) is 38.3 Å². The maximum atomic E-state index is 12.1. The van der Waals surface area contributed by atoms with Crippen molar-refractivity contribution in [2.45, 2.75) is 13.0 Å². The molecule has 88 valence electrons. The predicted octanol–water partition coefficient (Wildman–Crippen LogP) is 2.43. The van der Waals surface area contributed by atoms with Crippen molar-refractivity contribution in [2.24, 2.45) is 0 Å². The van der Waals surface area contributed by atoms with Gasteiger partial charge in [-0.1, -0.05) is 0 Å². The van der Waals surface area contributed by atoms with Gasteiger partial charge in [-0.25, -0.2) is 0 Å². The molecule has 0 fully saturated rings. The first-order chi connectivity index (χ1) is 8.24. The first kappa shape index (κ1) is 11.0. The minimum atomic E-state index is 0.0256. The van der Waals surface area contributed by atoms with Gasteiger partial charge in [0.2, 0.25) is 0 Å². The molecule has 1 aliphatic heterocycles. The number of carbonyl (C=O) groups is 1. The number of hydrogen-bond acceptors (Lipinski definition) is 3. The number of H-pyrrole nitrogens is 1. The highest BCUT2D eigenvalue weighted by Crippen LogP contribution is 2.31. The van der Waals surface area contributed by atoms with Crippen LogP contribution in [-0.2, 0) is 13.0 Å². The smallest absolute Gasteiger partial charge is 0.272 e. The zero-order valence-corrected chi connectivity index (χ0v) is 11.3. The van der Waals surface area contributed by atoms with Gasteiger partial charge in [-0.05, 0) is 40.0 Å². The van der Waals surface area contributed by atoms with Gasteiger partial charge in [0.15, 0.2) is 0 Å². The summed E-state index contributed by atoms with van der Waals surface area (Å²) in [5, 5.41) is 6.53. The average molecular weight is 312 g/mol. The minimum absolute atomic E-state index is 0.0256. The molecule has 1 aliphatic rings. The van der Waals surface area contributed by atoms with Crippen LogP contribution >= 0.6 is 27.3 Å². The summed E-state index contributed by atoms with van der Waals surface area (Å²) in [6, 6.07) is 3.86. The van der Waals surface area contributed by atoms with E-state index in [0.717, 1.165) is 16.8 Å². The number of thiophene rings is 1. The predicted molar refractivity (Wildman–Crippen MR) is 69.1 cm³/mol. The van der Waals surface area contributed by atoms with Crippen molar-refractivity contribution in [3.63, 3.8) is 0 Å². The molecular formula is C11H10BrN3OS. The van der Waals surface area contributed by atoms with Gasteiger partial charge in [0.25, 0.3) is 5.91 Å². The number of carbonyl (C=O) groups excluding carboxylic acids is 1. The van der Waals surface area contributed by atoms with Gasteiger partial charge >= 0.3 is 0 Å². The number of aromatic nitrogens is 2. The van der Waals surface area contributed by atoms with Gasteiger partial charge in [0.05, 0.1) is 10.3 Å². The Morgan fingerprint density at radius 1 is 1.59 bits per heavy atom. The third-order valence-electron chi connectivity index (χ3n) is 2.87. The number of nitrogens with zero attached hydrogens (tertiary/aromatic N) is 2. The first-order valence-electron chi connectivity index (χ1n) is 5.30. The summed E-state index contributed by atoms with van der Waals surface area (Å²) in [6.45, 7) is 1.47. The van der Waals surface area contributed by atoms with Crippen molar-refractivity contribution < 1.29 is 4.79 Å². The molecule has 0 unspecified atom stereocenters. The van der Waals surface area contributed by atoms with Crippen molar-refractivity contribution in [3.8, 4) is 0 Å². The molecule has 0 aliphatic carbocycles. The second-order valence-electron chi connectivity index (χ2n) is 3.95. The zero-order chi connectivity index (χ0) is 11.8. The maximum Gasteiger partial charge on any atom is 0.272 e. The fourth-order valence-corrected chi connectivity index (χ4v) is 3.81. The molecule has 6 heteroatoms. The quantitative estimate of drug-likeness (QED) is 0.879. The van der Waals surface area contributed by atoms with Crippen molar-refractivity contribution in [1.29, 1.82) is 0 Å². The van der Waals surface area contributed by atoms with Crippen LogP contribution in [0, 0.1) is 0 Å². The van der Waals surface area contributed by atoms with Gasteiger partial charge in [-0.3, -0.25) is 9.89 Å².